The number of hydrogen-bond acceptors (Lipinski definition) is 1. The van der Waals surface area contributed by atoms with Crippen LogP contribution in [0.5, 0.6) is 0 Å². The van der Waals surface area contributed by atoms with Gasteiger partial charge in [-0.25, -0.2) is 9.37 Å². The SMILES string of the molecule is CC(C)(C)c1cc2cc(F)cc(Br)c2nc1Cl. The molecule has 17 heavy (non-hydrogen) atoms. The first-order valence-electron chi connectivity index (χ1n) is 5.25. The first-order valence-corrected chi connectivity index (χ1v) is 6.42. The zero-order valence-corrected chi connectivity index (χ0v) is 12.2. The lowest BCUT2D eigenvalue weighted by atomic mass is 9.87. The van der Waals surface area contributed by atoms with Crippen LogP contribution < -0.4 is 0 Å². The standard InChI is InChI=1S/C13H12BrClFN/c1-13(2,3)9-5-7-4-8(16)6-10(14)11(7)17-12(9)15/h4-6H,1-3H3. The van der Waals surface area contributed by atoms with E-state index in [-0.39, 0.29) is 11.2 Å². The van der Waals surface area contributed by atoms with Gasteiger partial charge in [0.25, 0.3) is 0 Å². The molecule has 1 aromatic heterocycles. The molecule has 0 aliphatic carbocycles. The van der Waals surface area contributed by atoms with Crippen LogP contribution in [0.2, 0.25) is 5.15 Å². The minimum Gasteiger partial charge on any atom is -0.235 e. The molecule has 0 aliphatic rings. The van der Waals surface area contributed by atoms with E-state index in [1.165, 1.54) is 12.1 Å². The van der Waals surface area contributed by atoms with Gasteiger partial charge in [-0.2, -0.15) is 0 Å². The maximum atomic E-state index is 13.3. The molecule has 1 nitrogen and oxygen atoms in total. The maximum absolute atomic E-state index is 13.3. The zero-order valence-electron chi connectivity index (χ0n) is 9.81. The first kappa shape index (κ1) is 12.8. The van der Waals surface area contributed by atoms with Crippen molar-refractivity contribution < 1.29 is 4.39 Å². The molecule has 0 atom stereocenters. The molecule has 4 heteroatoms. The Kier molecular flexibility index (Phi) is 3.17. The maximum Gasteiger partial charge on any atom is 0.133 e. The van der Waals surface area contributed by atoms with Crippen LogP contribution in [0.25, 0.3) is 10.9 Å². The van der Waals surface area contributed by atoms with Crippen molar-refractivity contribution in [3.05, 3.63) is 39.2 Å². The van der Waals surface area contributed by atoms with Gasteiger partial charge in [-0.15, -0.1) is 0 Å². The van der Waals surface area contributed by atoms with Gasteiger partial charge < -0.3 is 0 Å². The molecular formula is C13H12BrClFN. The highest BCUT2D eigenvalue weighted by Crippen LogP contribution is 2.33. The van der Waals surface area contributed by atoms with Crippen LogP contribution in [0, 0.1) is 5.82 Å². The van der Waals surface area contributed by atoms with E-state index in [1.54, 1.807) is 0 Å². The number of aromatic nitrogens is 1. The highest BCUT2D eigenvalue weighted by Gasteiger charge is 2.19. The third kappa shape index (κ3) is 2.45. The molecule has 0 aliphatic heterocycles. The average Bonchev–Trinajstić information content (AvgIpc) is 2.16. The van der Waals surface area contributed by atoms with Gasteiger partial charge in [-0.05, 0) is 45.1 Å². The summed E-state index contributed by atoms with van der Waals surface area (Å²) < 4.78 is 14.0. The van der Waals surface area contributed by atoms with E-state index in [0.29, 0.717) is 15.1 Å². The molecule has 0 spiro atoms. The summed E-state index contributed by atoms with van der Waals surface area (Å²) in [6, 6.07) is 4.76. The van der Waals surface area contributed by atoms with Gasteiger partial charge in [0.05, 0.1) is 5.52 Å². The van der Waals surface area contributed by atoms with Gasteiger partial charge in [-0.3, -0.25) is 0 Å². The Hall–Kier alpha value is -0.670. The third-order valence-electron chi connectivity index (χ3n) is 2.60. The molecule has 0 fully saturated rings. The fourth-order valence-electron chi connectivity index (χ4n) is 1.71. The highest BCUT2D eigenvalue weighted by atomic mass is 79.9. The van der Waals surface area contributed by atoms with Crippen LogP contribution in [0.4, 0.5) is 4.39 Å². The summed E-state index contributed by atoms with van der Waals surface area (Å²) in [6.07, 6.45) is 0. The van der Waals surface area contributed by atoms with Crippen molar-refractivity contribution in [3.63, 3.8) is 0 Å². The second-order valence-electron chi connectivity index (χ2n) is 5.04. The quantitative estimate of drug-likeness (QED) is 0.617. The van der Waals surface area contributed by atoms with Crippen molar-refractivity contribution in [1.82, 2.24) is 4.98 Å². The predicted molar refractivity (Wildman–Crippen MR) is 73.1 cm³/mol. The second-order valence-corrected chi connectivity index (χ2v) is 6.25. The second kappa shape index (κ2) is 4.21. The van der Waals surface area contributed by atoms with Crippen molar-refractivity contribution in [3.8, 4) is 0 Å². The number of fused-ring (bicyclic) bond motifs is 1. The Morgan fingerprint density at radius 1 is 1.24 bits per heavy atom. The van der Waals surface area contributed by atoms with Crippen LogP contribution in [0.3, 0.4) is 0 Å². The van der Waals surface area contributed by atoms with Crippen molar-refractivity contribution in [1.29, 1.82) is 0 Å². The van der Waals surface area contributed by atoms with Crippen LogP contribution >= 0.6 is 27.5 Å². The Balaban J connectivity index is 2.81. The molecule has 0 unspecified atom stereocenters. The summed E-state index contributed by atoms with van der Waals surface area (Å²) in [4.78, 5) is 4.33. The van der Waals surface area contributed by atoms with Gasteiger partial charge in [0, 0.05) is 9.86 Å². The topological polar surface area (TPSA) is 12.9 Å². The largest absolute Gasteiger partial charge is 0.235 e. The molecule has 0 N–H and O–H groups in total. The third-order valence-corrected chi connectivity index (χ3v) is 3.49. The van der Waals surface area contributed by atoms with Crippen molar-refractivity contribution in [2.45, 2.75) is 26.2 Å². The van der Waals surface area contributed by atoms with Gasteiger partial charge in [-0.1, -0.05) is 32.4 Å². The van der Waals surface area contributed by atoms with Crippen LogP contribution in [0.1, 0.15) is 26.3 Å². The number of pyridine rings is 1. The summed E-state index contributed by atoms with van der Waals surface area (Å²) in [7, 11) is 0. The summed E-state index contributed by atoms with van der Waals surface area (Å²) in [6.45, 7) is 6.15. The van der Waals surface area contributed by atoms with Gasteiger partial charge in [0.2, 0.25) is 0 Å². The molecule has 0 amide bonds. The monoisotopic (exact) mass is 315 g/mol. The molecule has 2 rings (SSSR count). The number of nitrogens with zero attached hydrogens (tertiary/aromatic N) is 1. The fourth-order valence-corrected chi connectivity index (χ4v) is 2.67. The van der Waals surface area contributed by atoms with E-state index in [0.717, 1.165) is 10.9 Å². The fraction of sp³-hybridized carbons (Fsp3) is 0.308. The zero-order chi connectivity index (χ0) is 12.8. The Bertz CT molecular complexity index is 590. The summed E-state index contributed by atoms with van der Waals surface area (Å²) in [5, 5.41) is 1.23. The van der Waals surface area contributed by atoms with Crippen LogP contribution in [0.15, 0.2) is 22.7 Å². The molecule has 90 valence electrons. The van der Waals surface area contributed by atoms with E-state index < -0.39 is 0 Å². The molecule has 2 aromatic rings. The van der Waals surface area contributed by atoms with Crippen LogP contribution in [-0.4, -0.2) is 4.98 Å². The van der Waals surface area contributed by atoms with Crippen molar-refractivity contribution >= 4 is 38.4 Å². The lowest BCUT2D eigenvalue weighted by molar-refractivity contribution is 0.588. The normalized spacial score (nSPS) is 12.1. The first-order chi connectivity index (χ1) is 7.79. The van der Waals surface area contributed by atoms with E-state index >= 15 is 0 Å². The lowest BCUT2D eigenvalue weighted by Crippen LogP contribution is -2.12. The molecule has 1 aromatic carbocycles. The number of benzene rings is 1. The minimum atomic E-state index is -0.284. The summed E-state index contributed by atoms with van der Waals surface area (Å²) in [5.41, 5.74) is 1.49. The number of hydrogen-bond donors (Lipinski definition) is 0. The number of halogens is 3. The Morgan fingerprint density at radius 3 is 2.47 bits per heavy atom. The Morgan fingerprint density at radius 2 is 1.88 bits per heavy atom. The van der Waals surface area contributed by atoms with Gasteiger partial charge in [0.15, 0.2) is 0 Å². The molecule has 0 radical (unpaired) electrons. The molecule has 1 heterocycles. The number of rotatable bonds is 0. The van der Waals surface area contributed by atoms with E-state index in [9.17, 15) is 4.39 Å². The molecular weight excluding hydrogens is 305 g/mol. The van der Waals surface area contributed by atoms with Crippen molar-refractivity contribution in [2.75, 3.05) is 0 Å². The molecule has 0 saturated heterocycles. The smallest absolute Gasteiger partial charge is 0.133 e. The summed E-state index contributed by atoms with van der Waals surface area (Å²) >= 11 is 9.47. The minimum absolute atomic E-state index is 0.114. The summed E-state index contributed by atoms with van der Waals surface area (Å²) in [5.74, 6) is -0.284. The average molecular weight is 317 g/mol. The van der Waals surface area contributed by atoms with Crippen LogP contribution in [-0.2, 0) is 5.41 Å². The van der Waals surface area contributed by atoms with Gasteiger partial charge >= 0.3 is 0 Å². The van der Waals surface area contributed by atoms with E-state index in [4.69, 9.17) is 11.6 Å². The van der Waals surface area contributed by atoms with E-state index in [2.05, 4.69) is 41.7 Å². The lowest BCUT2D eigenvalue weighted by Gasteiger charge is -2.20. The van der Waals surface area contributed by atoms with E-state index in [1.807, 2.05) is 6.07 Å². The highest BCUT2D eigenvalue weighted by molar-refractivity contribution is 9.10. The van der Waals surface area contributed by atoms with Gasteiger partial charge in [0.1, 0.15) is 11.0 Å². The predicted octanol–water partition coefficient (Wildman–Crippen LogP) is 5.09. The van der Waals surface area contributed by atoms with Crippen molar-refractivity contribution in [2.24, 2.45) is 0 Å². The Labute approximate surface area is 113 Å². The molecule has 0 bridgehead atoms. The molecule has 0 saturated carbocycles.